The van der Waals surface area contributed by atoms with Gasteiger partial charge < -0.3 is 20.3 Å². The third-order valence-electron chi connectivity index (χ3n) is 1.92. The van der Waals surface area contributed by atoms with Crippen LogP contribution in [0.4, 0.5) is 0 Å². The summed E-state index contributed by atoms with van der Waals surface area (Å²) in [5.41, 5.74) is 6.30. The number of ether oxygens (including phenoxy) is 2. The fourth-order valence-electron chi connectivity index (χ4n) is 1.15. The van der Waals surface area contributed by atoms with Gasteiger partial charge in [-0.05, 0) is 17.7 Å². The topological polar surface area (TPSA) is 64.7 Å². The molecule has 0 saturated heterocycles. The molecule has 0 saturated carbocycles. The maximum Gasteiger partial charge on any atom is 0.119 e. The molecule has 15 heavy (non-hydrogen) atoms. The molecule has 0 aliphatic rings. The summed E-state index contributed by atoms with van der Waals surface area (Å²) in [4.78, 5) is 0. The van der Waals surface area contributed by atoms with Crippen molar-refractivity contribution in [3.63, 3.8) is 0 Å². The predicted octanol–water partition coefficient (Wildman–Crippen LogP) is 0.531. The second-order valence-electron chi connectivity index (χ2n) is 3.28. The van der Waals surface area contributed by atoms with Crippen LogP contribution in [-0.2, 0) is 11.3 Å². The van der Waals surface area contributed by atoms with E-state index in [0.29, 0.717) is 6.61 Å². The maximum absolute atomic E-state index is 9.22. The summed E-state index contributed by atoms with van der Waals surface area (Å²) in [6.45, 7) is 0.974. The van der Waals surface area contributed by atoms with Crippen LogP contribution in [0.25, 0.3) is 0 Å². The molecule has 1 unspecified atom stereocenters. The molecule has 0 aromatic heterocycles. The Morgan fingerprint density at radius 1 is 1.47 bits per heavy atom. The number of aliphatic hydroxyl groups excluding tert-OH is 1. The molecular formula is C11H17NO3. The highest BCUT2D eigenvalue weighted by atomic mass is 16.5. The Bertz CT molecular complexity index is 291. The van der Waals surface area contributed by atoms with Crippen molar-refractivity contribution in [1.29, 1.82) is 0 Å². The summed E-state index contributed by atoms with van der Waals surface area (Å²) in [5.74, 6) is 0.719. The molecule has 1 rings (SSSR count). The van der Waals surface area contributed by atoms with Gasteiger partial charge in [-0.2, -0.15) is 0 Å². The summed E-state index contributed by atoms with van der Waals surface area (Å²) in [7, 11) is 1.64. The largest absolute Gasteiger partial charge is 0.491 e. The highest BCUT2D eigenvalue weighted by molar-refractivity contribution is 5.28. The van der Waals surface area contributed by atoms with Gasteiger partial charge in [0.15, 0.2) is 0 Å². The minimum Gasteiger partial charge on any atom is -0.491 e. The number of benzene rings is 1. The molecule has 4 nitrogen and oxygen atoms in total. The van der Waals surface area contributed by atoms with E-state index in [1.165, 1.54) is 0 Å². The van der Waals surface area contributed by atoms with Crippen LogP contribution >= 0.6 is 0 Å². The Balaban J connectivity index is 2.50. The molecule has 0 radical (unpaired) electrons. The van der Waals surface area contributed by atoms with Crippen LogP contribution in [0.3, 0.4) is 0 Å². The van der Waals surface area contributed by atoms with E-state index in [0.717, 1.165) is 11.3 Å². The zero-order valence-corrected chi connectivity index (χ0v) is 8.85. The molecule has 0 aliphatic heterocycles. The number of aliphatic hydroxyl groups is 1. The van der Waals surface area contributed by atoms with E-state index in [9.17, 15) is 5.11 Å². The fourth-order valence-corrected chi connectivity index (χ4v) is 1.15. The van der Waals surface area contributed by atoms with Crippen molar-refractivity contribution in [3.05, 3.63) is 29.8 Å². The van der Waals surface area contributed by atoms with Crippen LogP contribution in [0.15, 0.2) is 24.3 Å². The van der Waals surface area contributed by atoms with Gasteiger partial charge in [0.1, 0.15) is 18.5 Å². The molecule has 0 bridgehead atoms. The lowest BCUT2D eigenvalue weighted by atomic mass is 10.2. The second-order valence-corrected chi connectivity index (χ2v) is 3.28. The lowest BCUT2D eigenvalue weighted by molar-refractivity contribution is 0.114. The molecule has 0 aliphatic carbocycles. The van der Waals surface area contributed by atoms with E-state index in [4.69, 9.17) is 15.2 Å². The first-order valence-electron chi connectivity index (χ1n) is 4.85. The van der Waals surface area contributed by atoms with E-state index in [-0.39, 0.29) is 13.2 Å². The summed E-state index contributed by atoms with van der Waals surface area (Å²) < 4.78 is 10.4. The van der Waals surface area contributed by atoms with Crippen molar-refractivity contribution >= 4 is 0 Å². The molecule has 0 spiro atoms. The number of methoxy groups -OCH3 is 1. The smallest absolute Gasteiger partial charge is 0.119 e. The van der Waals surface area contributed by atoms with E-state index in [2.05, 4.69) is 0 Å². The number of hydrogen-bond acceptors (Lipinski definition) is 4. The normalized spacial score (nSPS) is 12.5. The van der Waals surface area contributed by atoms with Crippen molar-refractivity contribution < 1.29 is 14.6 Å². The third kappa shape index (κ3) is 4.29. The summed E-state index contributed by atoms with van der Waals surface area (Å²) in [5, 5.41) is 9.22. The molecule has 3 N–H and O–H groups in total. The minimum absolute atomic E-state index is 0.206. The zero-order valence-electron chi connectivity index (χ0n) is 8.85. The molecule has 0 amide bonds. The van der Waals surface area contributed by atoms with Crippen molar-refractivity contribution in [3.8, 4) is 5.75 Å². The average Bonchev–Trinajstić information content (AvgIpc) is 2.27. The molecule has 1 aromatic rings. The highest BCUT2D eigenvalue weighted by Gasteiger charge is 2.02. The van der Waals surface area contributed by atoms with E-state index < -0.39 is 6.10 Å². The van der Waals surface area contributed by atoms with Crippen molar-refractivity contribution in [2.24, 2.45) is 5.73 Å². The summed E-state index contributed by atoms with van der Waals surface area (Å²) >= 11 is 0. The van der Waals surface area contributed by atoms with Crippen molar-refractivity contribution in [1.82, 2.24) is 0 Å². The minimum atomic E-state index is -0.615. The first-order chi connectivity index (χ1) is 7.26. The highest BCUT2D eigenvalue weighted by Crippen LogP contribution is 2.13. The number of rotatable bonds is 6. The predicted molar refractivity (Wildman–Crippen MR) is 57.7 cm³/mol. The van der Waals surface area contributed by atoms with Gasteiger partial charge in [0.2, 0.25) is 0 Å². The molecule has 1 atom stereocenters. The zero-order chi connectivity index (χ0) is 11.1. The SMILES string of the molecule is COCc1cccc(OCC(O)CN)c1. The Hall–Kier alpha value is -1.10. The third-order valence-corrected chi connectivity index (χ3v) is 1.92. The van der Waals surface area contributed by atoms with Crippen molar-refractivity contribution in [2.45, 2.75) is 12.7 Å². The Morgan fingerprint density at radius 2 is 2.27 bits per heavy atom. The van der Waals surface area contributed by atoms with E-state index in [1.807, 2.05) is 24.3 Å². The van der Waals surface area contributed by atoms with E-state index >= 15 is 0 Å². The Kier molecular flexibility index (Phi) is 5.10. The van der Waals surface area contributed by atoms with Gasteiger partial charge in [-0.3, -0.25) is 0 Å². The van der Waals surface area contributed by atoms with Crippen LogP contribution in [0.1, 0.15) is 5.56 Å². The van der Waals surface area contributed by atoms with Gasteiger partial charge in [-0.25, -0.2) is 0 Å². The Morgan fingerprint density at radius 3 is 2.93 bits per heavy atom. The van der Waals surface area contributed by atoms with E-state index in [1.54, 1.807) is 7.11 Å². The van der Waals surface area contributed by atoms with Gasteiger partial charge >= 0.3 is 0 Å². The Labute approximate surface area is 89.6 Å². The lowest BCUT2D eigenvalue weighted by Gasteiger charge is -2.10. The van der Waals surface area contributed by atoms with Crippen molar-refractivity contribution in [2.75, 3.05) is 20.3 Å². The summed E-state index contributed by atoms with van der Waals surface area (Å²) in [6.07, 6.45) is -0.615. The fraction of sp³-hybridized carbons (Fsp3) is 0.455. The van der Waals surface area contributed by atoms with Gasteiger partial charge in [0, 0.05) is 13.7 Å². The second kappa shape index (κ2) is 6.40. The first-order valence-corrected chi connectivity index (χ1v) is 4.85. The molecular weight excluding hydrogens is 194 g/mol. The monoisotopic (exact) mass is 211 g/mol. The molecule has 4 heteroatoms. The van der Waals surface area contributed by atoms with Gasteiger partial charge in [0.25, 0.3) is 0 Å². The van der Waals surface area contributed by atoms with Crippen LogP contribution in [0.2, 0.25) is 0 Å². The van der Waals surface area contributed by atoms with Crippen LogP contribution in [0, 0.1) is 0 Å². The molecule has 0 fully saturated rings. The van der Waals surface area contributed by atoms with Gasteiger partial charge in [-0.15, -0.1) is 0 Å². The number of nitrogens with two attached hydrogens (primary N) is 1. The van der Waals surface area contributed by atoms with Crippen LogP contribution in [0.5, 0.6) is 5.75 Å². The molecule has 1 aromatic carbocycles. The average molecular weight is 211 g/mol. The van der Waals surface area contributed by atoms with Crippen LogP contribution in [-0.4, -0.2) is 31.5 Å². The van der Waals surface area contributed by atoms with Crippen LogP contribution < -0.4 is 10.5 Å². The van der Waals surface area contributed by atoms with Gasteiger partial charge in [-0.1, -0.05) is 12.1 Å². The van der Waals surface area contributed by atoms with Gasteiger partial charge in [0.05, 0.1) is 6.61 Å². The maximum atomic E-state index is 9.22. The lowest BCUT2D eigenvalue weighted by Crippen LogP contribution is -2.26. The quantitative estimate of drug-likeness (QED) is 0.720. The number of hydrogen-bond donors (Lipinski definition) is 2. The first kappa shape index (κ1) is 12.0. The standard InChI is InChI=1S/C11H17NO3/c1-14-7-9-3-2-4-11(5-9)15-8-10(13)6-12/h2-5,10,13H,6-8,12H2,1H3. The molecule has 84 valence electrons. The summed E-state index contributed by atoms with van der Waals surface area (Å²) in [6, 6.07) is 7.56. The molecule has 0 heterocycles.